The number of hydrogen-bond donors (Lipinski definition) is 3. The van der Waals surface area contributed by atoms with Gasteiger partial charge in [0, 0.05) is 24.7 Å². The molecule has 7 heteroatoms. The van der Waals surface area contributed by atoms with E-state index in [1.54, 1.807) is 12.2 Å². The Labute approximate surface area is 173 Å². The number of hydrogen-bond acceptors (Lipinski definition) is 6. The van der Waals surface area contributed by atoms with Crippen molar-refractivity contribution < 1.29 is 24.9 Å². The normalized spacial score (nSPS) is 23.5. The standard InChI is InChI=1S/C22H25NO5S/c24-17(22-23-16-8-5-6-9-20(16)29-22)12-11-15-14(18(25)13-19(15)26)7-3-1-2-4-10-21(27)28/h1,3,5-6,8-9,11-12,14-15,17-18,24-25H,2,4,7,10,13H2,(H,27,28)/t14-,15-,17?,18+/m1/s1. The number of fused-ring (bicyclic) bond motifs is 1. The highest BCUT2D eigenvalue weighted by Gasteiger charge is 2.39. The van der Waals surface area contributed by atoms with Crippen molar-refractivity contribution >= 4 is 33.3 Å². The number of carbonyl (C=O) groups is 2. The molecule has 154 valence electrons. The molecular weight excluding hydrogens is 390 g/mol. The summed E-state index contributed by atoms with van der Waals surface area (Å²) < 4.78 is 0.994. The zero-order valence-corrected chi connectivity index (χ0v) is 16.8. The highest BCUT2D eigenvalue weighted by molar-refractivity contribution is 7.18. The minimum absolute atomic E-state index is 0.0328. The first-order valence-corrected chi connectivity index (χ1v) is 10.6. The number of rotatable bonds is 9. The number of unbranched alkanes of at least 4 members (excludes halogenated alkanes) is 1. The Bertz CT molecular complexity index is 886. The van der Waals surface area contributed by atoms with Crippen molar-refractivity contribution in [1.29, 1.82) is 0 Å². The van der Waals surface area contributed by atoms with Crippen LogP contribution in [0.5, 0.6) is 0 Å². The van der Waals surface area contributed by atoms with Crippen molar-refractivity contribution in [2.45, 2.75) is 44.3 Å². The monoisotopic (exact) mass is 415 g/mol. The van der Waals surface area contributed by atoms with E-state index in [0.29, 0.717) is 24.3 Å². The third-order valence-electron chi connectivity index (χ3n) is 5.14. The van der Waals surface area contributed by atoms with Crippen molar-refractivity contribution in [3.8, 4) is 0 Å². The third kappa shape index (κ3) is 5.59. The van der Waals surface area contributed by atoms with Gasteiger partial charge in [-0.3, -0.25) is 9.59 Å². The Kier molecular flexibility index (Phi) is 7.30. The molecule has 1 fully saturated rings. The van der Waals surface area contributed by atoms with Crippen LogP contribution in [-0.2, 0) is 9.59 Å². The van der Waals surface area contributed by atoms with Crippen LogP contribution >= 0.6 is 11.3 Å². The maximum Gasteiger partial charge on any atom is 0.303 e. The van der Waals surface area contributed by atoms with Crippen LogP contribution in [0.15, 0.2) is 48.6 Å². The van der Waals surface area contributed by atoms with Crippen LogP contribution in [0.4, 0.5) is 0 Å². The van der Waals surface area contributed by atoms with E-state index in [1.807, 2.05) is 36.4 Å². The fourth-order valence-corrected chi connectivity index (χ4v) is 4.53. The van der Waals surface area contributed by atoms with Gasteiger partial charge in [-0.15, -0.1) is 11.3 Å². The second-order valence-corrected chi connectivity index (χ2v) is 8.33. The molecule has 4 atom stereocenters. The summed E-state index contributed by atoms with van der Waals surface area (Å²) >= 11 is 1.41. The molecule has 0 bridgehead atoms. The second kappa shape index (κ2) is 9.91. The molecule has 29 heavy (non-hydrogen) atoms. The van der Waals surface area contributed by atoms with Crippen LogP contribution in [0.2, 0.25) is 0 Å². The van der Waals surface area contributed by atoms with Gasteiger partial charge in [0.05, 0.1) is 16.3 Å². The van der Waals surface area contributed by atoms with Crippen molar-refractivity contribution in [1.82, 2.24) is 4.98 Å². The number of carboxylic acids is 1. The smallest absolute Gasteiger partial charge is 0.303 e. The minimum Gasteiger partial charge on any atom is -0.481 e. The van der Waals surface area contributed by atoms with E-state index < -0.39 is 24.1 Å². The number of aromatic nitrogens is 1. The summed E-state index contributed by atoms with van der Waals surface area (Å²) in [5, 5.41) is 29.9. The molecule has 1 aliphatic carbocycles. The van der Waals surface area contributed by atoms with Gasteiger partial charge in [-0.1, -0.05) is 36.4 Å². The van der Waals surface area contributed by atoms with Gasteiger partial charge in [0.1, 0.15) is 16.9 Å². The fourth-order valence-electron chi connectivity index (χ4n) is 3.59. The molecule has 0 saturated heterocycles. The van der Waals surface area contributed by atoms with Crippen molar-refractivity contribution in [3.63, 3.8) is 0 Å². The number of thiazole rings is 1. The summed E-state index contributed by atoms with van der Waals surface area (Å²) in [6.07, 6.45) is 7.47. The van der Waals surface area contributed by atoms with Crippen LogP contribution in [-0.4, -0.2) is 38.2 Å². The number of allylic oxidation sites excluding steroid dienone is 3. The Morgan fingerprint density at radius 1 is 1.31 bits per heavy atom. The highest BCUT2D eigenvalue weighted by Crippen LogP contribution is 2.34. The summed E-state index contributed by atoms with van der Waals surface area (Å²) in [6, 6.07) is 7.65. The number of aliphatic hydroxyl groups excluding tert-OH is 2. The van der Waals surface area contributed by atoms with Gasteiger partial charge >= 0.3 is 5.97 Å². The molecule has 1 saturated carbocycles. The summed E-state index contributed by atoms with van der Waals surface area (Å²) in [4.78, 5) is 27.2. The predicted molar refractivity (Wildman–Crippen MR) is 112 cm³/mol. The zero-order valence-electron chi connectivity index (χ0n) is 16.0. The predicted octanol–water partition coefficient (Wildman–Crippen LogP) is 3.65. The molecule has 1 unspecified atom stereocenters. The molecule has 1 aromatic heterocycles. The quantitative estimate of drug-likeness (QED) is 0.426. The maximum atomic E-state index is 12.3. The molecule has 0 spiro atoms. The molecule has 6 nitrogen and oxygen atoms in total. The lowest BCUT2D eigenvalue weighted by Crippen LogP contribution is -2.18. The first kappa shape index (κ1) is 21.4. The molecule has 0 radical (unpaired) electrons. The lowest BCUT2D eigenvalue weighted by atomic mass is 9.90. The maximum absolute atomic E-state index is 12.3. The van der Waals surface area contributed by atoms with Crippen LogP contribution < -0.4 is 0 Å². The molecule has 3 rings (SSSR count). The van der Waals surface area contributed by atoms with E-state index >= 15 is 0 Å². The number of para-hydroxylation sites is 1. The number of carboxylic acid groups (broad SMARTS) is 1. The van der Waals surface area contributed by atoms with Crippen molar-refractivity contribution in [2.75, 3.05) is 0 Å². The van der Waals surface area contributed by atoms with Gasteiger partial charge in [0.15, 0.2) is 0 Å². The molecular formula is C22H25NO5S. The number of carbonyl (C=O) groups excluding carboxylic acids is 1. The van der Waals surface area contributed by atoms with E-state index in [0.717, 1.165) is 10.2 Å². The van der Waals surface area contributed by atoms with Crippen LogP contribution in [0.3, 0.4) is 0 Å². The van der Waals surface area contributed by atoms with Gasteiger partial charge < -0.3 is 15.3 Å². The molecule has 2 aromatic rings. The SMILES string of the molecule is O=C(O)CCCC=CC[C@H]1[C@@H](O)CC(=O)[C@@H]1C=CC(O)c1nc2ccccc2s1. The Balaban J connectivity index is 1.61. The number of ketones is 1. The minimum atomic E-state index is -0.898. The molecule has 1 heterocycles. The topological polar surface area (TPSA) is 108 Å². The van der Waals surface area contributed by atoms with Gasteiger partial charge in [-0.05, 0) is 31.4 Å². The van der Waals surface area contributed by atoms with Gasteiger partial charge in [0.25, 0.3) is 0 Å². The van der Waals surface area contributed by atoms with E-state index in [2.05, 4.69) is 4.98 Å². The summed E-state index contributed by atoms with van der Waals surface area (Å²) in [6.45, 7) is 0. The summed E-state index contributed by atoms with van der Waals surface area (Å²) in [5.41, 5.74) is 0.832. The zero-order chi connectivity index (χ0) is 20.8. The van der Waals surface area contributed by atoms with Crippen LogP contribution in [0.1, 0.15) is 43.2 Å². The fraction of sp³-hybridized carbons (Fsp3) is 0.409. The van der Waals surface area contributed by atoms with E-state index in [1.165, 1.54) is 11.3 Å². The van der Waals surface area contributed by atoms with E-state index in [-0.39, 0.29) is 24.5 Å². The molecule has 1 aliphatic rings. The Morgan fingerprint density at radius 2 is 2.10 bits per heavy atom. The average Bonchev–Trinajstić information content (AvgIpc) is 3.23. The number of Topliss-reactive ketones (excluding diaryl/α,β-unsaturated/α-hetero) is 1. The van der Waals surface area contributed by atoms with Gasteiger partial charge in [-0.25, -0.2) is 4.98 Å². The van der Waals surface area contributed by atoms with E-state index in [4.69, 9.17) is 5.11 Å². The number of nitrogens with zero attached hydrogens (tertiary/aromatic N) is 1. The first-order chi connectivity index (χ1) is 14.0. The van der Waals surface area contributed by atoms with Gasteiger partial charge in [-0.2, -0.15) is 0 Å². The second-order valence-electron chi connectivity index (χ2n) is 7.27. The number of benzene rings is 1. The first-order valence-electron chi connectivity index (χ1n) is 9.75. The van der Waals surface area contributed by atoms with Crippen LogP contribution in [0, 0.1) is 11.8 Å². The Hall–Kier alpha value is -2.35. The van der Waals surface area contributed by atoms with E-state index in [9.17, 15) is 19.8 Å². The largest absolute Gasteiger partial charge is 0.481 e. The third-order valence-corrected chi connectivity index (χ3v) is 6.25. The number of aliphatic hydroxyl groups is 2. The summed E-state index contributed by atoms with van der Waals surface area (Å²) in [5.74, 6) is -1.53. The highest BCUT2D eigenvalue weighted by atomic mass is 32.1. The lowest BCUT2D eigenvalue weighted by Gasteiger charge is -2.16. The van der Waals surface area contributed by atoms with Crippen molar-refractivity contribution in [3.05, 3.63) is 53.6 Å². The molecule has 3 N–H and O–H groups in total. The lowest BCUT2D eigenvalue weighted by molar-refractivity contribution is -0.137. The molecule has 0 amide bonds. The molecule has 0 aliphatic heterocycles. The average molecular weight is 416 g/mol. The number of aliphatic carboxylic acids is 1. The van der Waals surface area contributed by atoms with Crippen LogP contribution in [0.25, 0.3) is 10.2 Å². The molecule has 1 aromatic carbocycles. The van der Waals surface area contributed by atoms with Gasteiger partial charge in [0.2, 0.25) is 0 Å². The van der Waals surface area contributed by atoms with Crippen molar-refractivity contribution in [2.24, 2.45) is 11.8 Å². The Morgan fingerprint density at radius 3 is 2.86 bits per heavy atom. The summed E-state index contributed by atoms with van der Waals surface area (Å²) in [7, 11) is 0.